The molecule has 0 aromatic carbocycles. The summed E-state index contributed by atoms with van der Waals surface area (Å²) >= 11 is 0. The van der Waals surface area contributed by atoms with E-state index in [1.54, 1.807) is 24.1 Å². The van der Waals surface area contributed by atoms with Crippen molar-refractivity contribution in [2.75, 3.05) is 13.7 Å². The van der Waals surface area contributed by atoms with E-state index < -0.39 is 0 Å². The molecule has 3 heterocycles. The van der Waals surface area contributed by atoms with Crippen molar-refractivity contribution >= 4 is 5.91 Å². The molecule has 0 saturated heterocycles. The summed E-state index contributed by atoms with van der Waals surface area (Å²) in [5, 5.41) is 7.25. The van der Waals surface area contributed by atoms with E-state index in [0.29, 0.717) is 35.3 Å². The number of methoxy groups -OCH3 is 1. The third-order valence-electron chi connectivity index (χ3n) is 4.28. The van der Waals surface area contributed by atoms with Crippen LogP contribution in [0.5, 0.6) is 0 Å². The molecule has 0 saturated carbocycles. The van der Waals surface area contributed by atoms with Crippen LogP contribution < -0.4 is 5.32 Å². The van der Waals surface area contributed by atoms with E-state index >= 15 is 0 Å². The lowest BCUT2D eigenvalue weighted by atomic mass is 10.2. The minimum atomic E-state index is -0.194. The van der Waals surface area contributed by atoms with Gasteiger partial charge in [0.25, 0.3) is 11.9 Å². The Labute approximate surface area is 157 Å². The van der Waals surface area contributed by atoms with Gasteiger partial charge in [0.2, 0.25) is 0 Å². The van der Waals surface area contributed by atoms with Crippen molar-refractivity contribution in [2.45, 2.75) is 33.2 Å². The molecule has 0 radical (unpaired) electrons. The highest BCUT2D eigenvalue weighted by molar-refractivity contribution is 5.95. The molecule has 0 fully saturated rings. The van der Waals surface area contributed by atoms with Crippen molar-refractivity contribution < 1.29 is 13.9 Å². The molecule has 1 amide bonds. The molecule has 142 valence electrons. The highest BCUT2D eigenvalue weighted by Crippen LogP contribution is 2.20. The minimum absolute atomic E-state index is 0.0491. The molecule has 8 nitrogen and oxygen atoms in total. The summed E-state index contributed by atoms with van der Waals surface area (Å²) in [5.74, 6) is 1.65. The second kappa shape index (κ2) is 8.13. The number of aryl methyl sites for hydroxylation is 1. The Balaban J connectivity index is 1.86. The van der Waals surface area contributed by atoms with Crippen molar-refractivity contribution in [1.29, 1.82) is 0 Å². The first-order valence-corrected chi connectivity index (χ1v) is 8.78. The zero-order valence-corrected chi connectivity index (χ0v) is 15.9. The maximum absolute atomic E-state index is 12.6. The zero-order valence-electron chi connectivity index (χ0n) is 15.9. The van der Waals surface area contributed by atoms with Crippen LogP contribution in [0.4, 0.5) is 0 Å². The fourth-order valence-corrected chi connectivity index (χ4v) is 2.72. The maximum Gasteiger partial charge on any atom is 0.255 e. The third kappa shape index (κ3) is 4.06. The second-order valence-electron chi connectivity index (χ2n) is 6.24. The number of furan rings is 1. The highest BCUT2D eigenvalue weighted by atomic mass is 16.5. The van der Waals surface area contributed by atoms with Crippen molar-refractivity contribution in [3.05, 3.63) is 47.6 Å². The second-order valence-corrected chi connectivity index (χ2v) is 6.24. The number of nitrogens with one attached hydrogen (secondary N) is 1. The van der Waals surface area contributed by atoms with E-state index in [4.69, 9.17) is 9.15 Å². The molecule has 3 aromatic rings. The van der Waals surface area contributed by atoms with Gasteiger partial charge in [-0.15, -0.1) is 0 Å². The lowest BCUT2D eigenvalue weighted by Crippen LogP contribution is -2.37. The third-order valence-corrected chi connectivity index (χ3v) is 4.28. The first-order chi connectivity index (χ1) is 13.0. The topological polar surface area (TPSA) is 95.1 Å². The summed E-state index contributed by atoms with van der Waals surface area (Å²) in [6.45, 7) is 6.15. The molecule has 27 heavy (non-hydrogen) atoms. The number of hydrogen-bond donors (Lipinski definition) is 1. The Bertz CT molecular complexity index is 931. The Morgan fingerprint density at radius 1 is 1.33 bits per heavy atom. The van der Waals surface area contributed by atoms with E-state index in [-0.39, 0.29) is 11.9 Å². The largest absolute Gasteiger partial charge is 0.460 e. The van der Waals surface area contributed by atoms with E-state index in [2.05, 4.69) is 20.4 Å². The quantitative estimate of drug-likeness (QED) is 0.688. The highest BCUT2D eigenvalue weighted by Gasteiger charge is 2.19. The number of ether oxygens (including phenoxy) is 1. The molecular formula is C19H23N5O3. The van der Waals surface area contributed by atoms with Crippen LogP contribution in [0.2, 0.25) is 0 Å². The summed E-state index contributed by atoms with van der Waals surface area (Å²) in [5.41, 5.74) is 1.79. The van der Waals surface area contributed by atoms with Crippen molar-refractivity contribution in [3.63, 3.8) is 0 Å². The molecule has 0 aliphatic carbocycles. The number of nitrogens with zero attached hydrogens (tertiary/aromatic N) is 4. The van der Waals surface area contributed by atoms with Crippen LogP contribution >= 0.6 is 0 Å². The molecule has 8 heteroatoms. The van der Waals surface area contributed by atoms with Crippen LogP contribution in [0.15, 0.2) is 35.0 Å². The minimum Gasteiger partial charge on any atom is -0.460 e. The molecule has 3 aromatic heterocycles. The molecule has 3 rings (SSSR count). The smallest absolute Gasteiger partial charge is 0.255 e. The van der Waals surface area contributed by atoms with Gasteiger partial charge >= 0.3 is 0 Å². The molecule has 1 N–H and O–H groups in total. The van der Waals surface area contributed by atoms with Crippen LogP contribution in [0.3, 0.4) is 0 Å². The Morgan fingerprint density at radius 3 is 2.81 bits per heavy atom. The fourth-order valence-electron chi connectivity index (χ4n) is 2.72. The predicted molar refractivity (Wildman–Crippen MR) is 99.8 cm³/mol. The molecule has 0 aliphatic rings. The van der Waals surface area contributed by atoms with Gasteiger partial charge in [0.1, 0.15) is 11.5 Å². The van der Waals surface area contributed by atoms with Gasteiger partial charge in [0.15, 0.2) is 5.76 Å². The summed E-state index contributed by atoms with van der Waals surface area (Å²) < 4.78 is 12.3. The first-order valence-electron chi connectivity index (χ1n) is 8.78. The standard InChI is InChI=1S/C19H23N5O3/c1-5-14(11-26-4)22-18(25)15-10-21-24(13(15)3)19-20-9-8-16(23-19)17-7-6-12(2)27-17/h6-10,14H,5,11H2,1-4H3,(H,22,25). The lowest BCUT2D eigenvalue weighted by molar-refractivity contribution is 0.0894. The molecular weight excluding hydrogens is 346 g/mol. The van der Waals surface area contributed by atoms with E-state index in [0.717, 1.165) is 12.2 Å². The van der Waals surface area contributed by atoms with Crippen LogP contribution in [0, 0.1) is 13.8 Å². The molecule has 0 bridgehead atoms. The van der Waals surface area contributed by atoms with Crippen LogP contribution in [-0.2, 0) is 4.74 Å². The van der Waals surface area contributed by atoms with Gasteiger partial charge < -0.3 is 14.5 Å². The van der Waals surface area contributed by atoms with Gasteiger partial charge in [-0.3, -0.25) is 4.79 Å². The fraction of sp³-hybridized carbons (Fsp3) is 0.368. The van der Waals surface area contributed by atoms with E-state index in [1.165, 1.54) is 6.20 Å². The van der Waals surface area contributed by atoms with Crippen LogP contribution in [-0.4, -0.2) is 45.4 Å². The van der Waals surface area contributed by atoms with E-state index in [1.807, 2.05) is 32.9 Å². The normalized spacial score (nSPS) is 12.1. The van der Waals surface area contributed by atoms with Gasteiger partial charge in [-0.25, -0.2) is 14.6 Å². The zero-order chi connectivity index (χ0) is 19.4. The van der Waals surface area contributed by atoms with Crippen molar-refractivity contribution in [2.24, 2.45) is 0 Å². The van der Waals surface area contributed by atoms with Crippen molar-refractivity contribution in [3.8, 4) is 17.4 Å². The van der Waals surface area contributed by atoms with Gasteiger partial charge in [-0.1, -0.05) is 6.92 Å². The predicted octanol–water partition coefficient (Wildman–Crippen LogP) is 2.69. The maximum atomic E-state index is 12.6. The number of rotatable bonds is 7. The number of hydrogen-bond acceptors (Lipinski definition) is 6. The lowest BCUT2D eigenvalue weighted by Gasteiger charge is -2.15. The van der Waals surface area contributed by atoms with Gasteiger partial charge in [-0.2, -0.15) is 5.10 Å². The molecule has 0 spiro atoms. The summed E-state index contributed by atoms with van der Waals surface area (Å²) in [7, 11) is 1.61. The van der Waals surface area contributed by atoms with E-state index in [9.17, 15) is 4.79 Å². The Kier molecular flexibility index (Phi) is 5.66. The van der Waals surface area contributed by atoms with Gasteiger partial charge in [0, 0.05) is 13.3 Å². The number of aromatic nitrogens is 4. The van der Waals surface area contributed by atoms with Crippen LogP contribution in [0.1, 0.15) is 35.2 Å². The average molecular weight is 369 g/mol. The van der Waals surface area contributed by atoms with Crippen molar-refractivity contribution in [1.82, 2.24) is 25.1 Å². The first kappa shape index (κ1) is 18.8. The Hall–Kier alpha value is -3.00. The monoisotopic (exact) mass is 369 g/mol. The van der Waals surface area contributed by atoms with Gasteiger partial charge in [-0.05, 0) is 38.5 Å². The summed E-state index contributed by atoms with van der Waals surface area (Å²) in [4.78, 5) is 21.4. The average Bonchev–Trinajstić information content (AvgIpc) is 3.27. The van der Waals surface area contributed by atoms with Crippen LogP contribution in [0.25, 0.3) is 17.4 Å². The Morgan fingerprint density at radius 2 is 2.15 bits per heavy atom. The summed E-state index contributed by atoms with van der Waals surface area (Å²) in [6.07, 6.45) is 3.94. The number of carbonyl (C=O) groups excluding carboxylic acids is 1. The molecule has 0 aliphatic heterocycles. The SMILES string of the molecule is CCC(COC)NC(=O)c1cnn(-c2nccc(-c3ccc(C)o3)n2)c1C. The number of carbonyl (C=O) groups is 1. The number of amides is 1. The molecule has 1 unspecified atom stereocenters. The van der Waals surface area contributed by atoms with Gasteiger partial charge in [0.05, 0.1) is 30.1 Å². The summed E-state index contributed by atoms with van der Waals surface area (Å²) in [6, 6.07) is 5.46. The molecule has 1 atom stereocenters.